The minimum Gasteiger partial charge on any atom is -0.463 e. The second-order valence-corrected chi connectivity index (χ2v) is 7.86. The Balaban J connectivity index is 0.000000311. The van der Waals surface area contributed by atoms with Crippen LogP contribution in [0.15, 0.2) is 72.8 Å². The summed E-state index contributed by atoms with van der Waals surface area (Å²) in [5.41, 5.74) is 2.00. The van der Waals surface area contributed by atoms with Gasteiger partial charge in [0.2, 0.25) is 0 Å². The molecule has 0 aromatic heterocycles. The lowest BCUT2D eigenvalue weighted by molar-refractivity contribution is -0.139. The fraction of sp³-hybridized carbons (Fsp3) is 0.333. The van der Waals surface area contributed by atoms with Gasteiger partial charge in [-0.25, -0.2) is 9.59 Å². The molecule has 0 saturated heterocycles. The summed E-state index contributed by atoms with van der Waals surface area (Å²) in [5.74, 6) is 0.377. The monoisotopic (exact) mass is 422 g/mol. The minimum atomic E-state index is -0.285. The van der Waals surface area contributed by atoms with E-state index < -0.39 is 0 Å². The van der Waals surface area contributed by atoms with Crippen molar-refractivity contribution in [3.8, 4) is 0 Å². The summed E-state index contributed by atoms with van der Waals surface area (Å²) in [4.78, 5) is 22.5. The highest BCUT2D eigenvalue weighted by Crippen LogP contribution is 2.03. The van der Waals surface area contributed by atoms with Gasteiger partial charge < -0.3 is 9.47 Å². The molecule has 0 aliphatic rings. The highest BCUT2D eigenvalue weighted by molar-refractivity contribution is 5.87. The normalized spacial score (nSPS) is 10.9. The van der Waals surface area contributed by atoms with Crippen LogP contribution < -0.4 is 0 Å². The summed E-state index contributed by atoms with van der Waals surface area (Å²) in [6.07, 6.45) is 7.35. The largest absolute Gasteiger partial charge is 0.463 e. The third-order valence-corrected chi connectivity index (χ3v) is 3.92. The number of rotatable bonds is 9. The molecule has 0 saturated carbocycles. The highest BCUT2D eigenvalue weighted by Gasteiger charge is 1.99. The molecule has 31 heavy (non-hydrogen) atoms. The molecule has 166 valence electrons. The molecule has 0 atom stereocenters. The summed E-state index contributed by atoms with van der Waals surface area (Å²) in [6.45, 7) is 9.19. The first-order valence-corrected chi connectivity index (χ1v) is 10.7. The van der Waals surface area contributed by atoms with E-state index in [4.69, 9.17) is 9.47 Å². The molecular formula is C27H34O4. The average molecular weight is 423 g/mol. The first kappa shape index (κ1) is 25.9. The van der Waals surface area contributed by atoms with Crippen LogP contribution in [0.25, 0.3) is 12.2 Å². The quantitative estimate of drug-likeness (QED) is 0.357. The van der Waals surface area contributed by atoms with Gasteiger partial charge in [0.1, 0.15) is 0 Å². The molecule has 0 heterocycles. The summed E-state index contributed by atoms with van der Waals surface area (Å²) < 4.78 is 10.0. The maximum Gasteiger partial charge on any atom is 0.330 e. The van der Waals surface area contributed by atoms with Crippen LogP contribution in [0.4, 0.5) is 0 Å². The van der Waals surface area contributed by atoms with E-state index in [1.165, 1.54) is 12.2 Å². The van der Waals surface area contributed by atoms with E-state index in [1.54, 1.807) is 12.2 Å². The molecule has 0 unspecified atom stereocenters. The maximum absolute atomic E-state index is 11.3. The summed E-state index contributed by atoms with van der Waals surface area (Å²) in [5, 5.41) is 0. The minimum absolute atomic E-state index is 0.274. The Morgan fingerprint density at radius 3 is 1.58 bits per heavy atom. The van der Waals surface area contributed by atoms with Crippen LogP contribution >= 0.6 is 0 Å². The Morgan fingerprint density at radius 1 is 0.710 bits per heavy atom. The Bertz CT molecular complexity index is 806. The SMILES string of the molecule is CC(C)CCOC(=O)C=Cc1ccccc1.CC(C)COC(=O)C=Cc1ccccc1. The zero-order valence-corrected chi connectivity index (χ0v) is 19.0. The van der Waals surface area contributed by atoms with E-state index in [0.717, 1.165) is 17.5 Å². The topological polar surface area (TPSA) is 52.6 Å². The van der Waals surface area contributed by atoms with Crippen LogP contribution in [0.2, 0.25) is 0 Å². The van der Waals surface area contributed by atoms with Gasteiger partial charge in [0.15, 0.2) is 0 Å². The Hall–Kier alpha value is -3.14. The zero-order valence-electron chi connectivity index (χ0n) is 19.0. The van der Waals surface area contributed by atoms with Crippen LogP contribution in [0.5, 0.6) is 0 Å². The molecule has 0 aliphatic heterocycles. The van der Waals surface area contributed by atoms with Crippen molar-refractivity contribution in [2.75, 3.05) is 13.2 Å². The van der Waals surface area contributed by atoms with Gasteiger partial charge in [0, 0.05) is 12.2 Å². The molecule has 4 heteroatoms. The lowest BCUT2D eigenvalue weighted by atomic mass is 10.1. The van der Waals surface area contributed by atoms with Gasteiger partial charge in [0.05, 0.1) is 13.2 Å². The van der Waals surface area contributed by atoms with Gasteiger partial charge in [-0.3, -0.25) is 0 Å². The third-order valence-electron chi connectivity index (χ3n) is 3.92. The first-order valence-electron chi connectivity index (χ1n) is 10.7. The van der Waals surface area contributed by atoms with Crippen molar-refractivity contribution in [3.63, 3.8) is 0 Å². The second-order valence-electron chi connectivity index (χ2n) is 7.86. The van der Waals surface area contributed by atoms with Crippen LogP contribution in [-0.2, 0) is 19.1 Å². The molecule has 0 N–H and O–H groups in total. The molecule has 0 amide bonds. The van der Waals surface area contributed by atoms with Gasteiger partial charge in [-0.15, -0.1) is 0 Å². The Kier molecular flexibility index (Phi) is 13.1. The number of esters is 2. The fourth-order valence-electron chi connectivity index (χ4n) is 2.20. The van der Waals surface area contributed by atoms with E-state index in [2.05, 4.69) is 13.8 Å². The predicted molar refractivity (Wildman–Crippen MR) is 127 cm³/mol. The van der Waals surface area contributed by atoms with Crippen molar-refractivity contribution < 1.29 is 19.1 Å². The van der Waals surface area contributed by atoms with Crippen molar-refractivity contribution in [1.82, 2.24) is 0 Å². The van der Waals surface area contributed by atoms with Gasteiger partial charge >= 0.3 is 11.9 Å². The molecule has 0 bridgehead atoms. The van der Waals surface area contributed by atoms with Crippen molar-refractivity contribution in [1.29, 1.82) is 0 Å². The predicted octanol–water partition coefficient (Wildman–Crippen LogP) is 6.19. The molecule has 2 aromatic rings. The average Bonchev–Trinajstić information content (AvgIpc) is 2.76. The highest BCUT2D eigenvalue weighted by atomic mass is 16.5. The number of ether oxygens (including phenoxy) is 2. The standard InChI is InChI=1S/C14H18O2.C13H16O2/c1-12(2)10-11-16-14(15)9-8-13-6-4-3-5-7-13;1-11(2)10-15-13(14)9-8-12-6-4-3-5-7-12/h3-9,12H,10-11H2,1-2H3;3-9,11H,10H2,1-2H3. The molecule has 0 spiro atoms. The smallest absolute Gasteiger partial charge is 0.330 e. The van der Waals surface area contributed by atoms with Crippen LogP contribution in [0, 0.1) is 11.8 Å². The summed E-state index contributed by atoms with van der Waals surface area (Å²) >= 11 is 0. The van der Waals surface area contributed by atoms with Crippen molar-refractivity contribution >= 4 is 24.1 Å². The Labute approximate surface area is 186 Å². The van der Waals surface area contributed by atoms with Gasteiger partial charge in [-0.2, -0.15) is 0 Å². The van der Waals surface area contributed by atoms with Crippen molar-refractivity contribution in [2.24, 2.45) is 11.8 Å². The number of carbonyl (C=O) groups excluding carboxylic acids is 2. The molecule has 0 aliphatic carbocycles. The summed E-state index contributed by atoms with van der Waals surface area (Å²) in [6, 6.07) is 19.4. The molecule has 0 fully saturated rings. The summed E-state index contributed by atoms with van der Waals surface area (Å²) in [7, 11) is 0. The third kappa shape index (κ3) is 14.5. The fourth-order valence-corrected chi connectivity index (χ4v) is 2.20. The van der Waals surface area contributed by atoms with Gasteiger partial charge in [0.25, 0.3) is 0 Å². The van der Waals surface area contributed by atoms with Crippen LogP contribution in [0.1, 0.15) is 45.2 Å². The van der Waals surface area contributed by atoms with Gasteiger partial charge in [-0.1, -0.05) is 88.4 Å². The van der Waals surface area contributed by atoms with Crippen molar-refractivity contribution in [3.05, 3.63) is 83.9 Å². The lowest BCUT2D eigenvalue weighted by Gasteiger charge is -2.03. The van der Waals surface area contributed by atoms with Crippen molar-refractivity contribution in [2.45, 2.75) is 34.1 Å². The zero-order chi connectivity index (χ0) is 22.9. The molecular weight excluding hydrogens is 388 g/mol. The molecule has 2 rings (SSSR count). The van der Waals surface area contributed by atoms with E-state index in [0.29, 0.717) is 25.0 Å². The van der Waals surface area contributed by atoms with E-state index in [9.17, 15) is 9.59 Å². The van der Waals surface area contributed by atoms with E-state index >= 15 is 0 Å². The number of hydrogen-bond donors (Lipinski definition) is 0. The van der Waals surface area contributed by atoms with Crippen LogP contribution in [0.3, 0.4) is 0 Å². The molecule has 4 nitrogen and oxygen atoms in total. The maximum atomic E-state index is 11.3. The number of benzene rings is 2. The number of carbonyl (C=O) groups is 2. The van der Waals surface area contributed by atoms with Gasteiger partial charge in [-0.05, 0) is 41.5 Å². The molecule has 2 aromatic carbocycles. The number of hydrogen-bond acceptors (Lipinski definition) is 4. The lowest BCUT2D eigenvalue weighted by Crippen LogP contribution is -2.06. The van der Waals surface area contributed by atoms with E-state index in [-0.39, 0.29) is 11.9 Å². The second kappa shape index (κ2) is 15.7. The van der Waals surface area contributed by atoms with E-state index in [1.807, 2.05) is 74.5 Å². The first-order chi connectivity index (χ1) is 14.9. The van der Waals surface area contributed by atoms with Crippen LogP contribution in [-0.4, -0.2) is 25.2 Å². The molecule has 0 radical (unpaired) electrons. The Morgan fingerprint density at radius 2 is 1.16 bits per heavy atom.